The molecular formula is C18H22N4O3. The Bertz CT molecular complexity index is 671. The van der Waals surface area contributed by atoms with Gasteiger partial charge in [-0.25, -0.2) is 0 Å². The van der Waals surface area contributed by atoms with E-state index in [4.69, 9.17) is 15.8 Å². The predicted octanol–water partition coefficient (Wildman–Crippen LogP) is 1.66. The molecule has 0 spiro atoms. The van der Waals surface area contributed by atoms with E-state index in [1.807, 2.05) is 0 Å². The third-order valence-electron chi connectivity index (χ3n) is 4.10. The zero-order chi connectivity index (χ0) is 18.1. The zero-order valence-corrected chi connectivity index (χ0v) is 14.0. The summed E-state index contributed by atoms with van der Waals surface area (Å²) in [6.45, 7) is -0.0545. The number of nitrogens with one attached hydrogen (secondary N) is 1. The van der Waals surface area contributed by atoms with Gasteiger partial charge in [-0.05, 0) is 37.1 Å². The molecule has 25 heavy (non-hydrogen) atoms. The first-order valence-corrected chi connectivity index (χ1v) is 8.34. The Labute approximate surface area is 146 Å². The van der Waals surface area contributed by atoms with E-state index < -0.39 is 5.78 Å². The molecule has 2 rings (SSSR count). The van der Waals surface area contributed by atoms with Crippen molar-refractivity contribution in [2.45, 2.75) is 44.6 Å². The lowest BCUT2D eigenvalue weighted by atomic mass is 9.95. The average molecular weight is 342 g/mol. The molecule has 1 aromatic carbocycles. The lowest BCUT2D eigenvalue weighted by Crippen LogP contribution is -2.38. The molecule has 1 aliphatic carbocycles. The van der Waals surface area contributed by atoms with Crippen molar-refractivity contribution < 1.29 is 14.3 Å². The van der Waals surface area contributed by atoms with Crippen LogP contribution in [0.5, 0.6) is 5.75 Å². The number of nitrogens with two attached hydrogens (primary N) is 1. The third kappa shape index (κ3) is 5.60. The van der Waals surface area contributed by atoms with E-state index in [-0.39, 0.29) is 30.7 Å². The number of nitrogens with zero attached hydrogens (tertiary/aromatic N) is 2. The van der Waals surface area contributed by atoms with Crippen molar-refractivity contribution in [3.63, 3.8) is 0 Å². The fraction of sp³-hybridized carbons (Fsp3) is 0.444. The molecule has 0 unspecified atom stereocenters. The number of carbonyl (C=O) groups is 2. The van der Waals surface area contributed by atoms with Gasteiger partial charge in [0.1, 0.15) is 17.9 Å². The number of Topliss-reactive ketones (excluding diaryl/α,β-unsaturated/α-hetero) is 1. The van der Waals surface area contributed by atoms with Crippen LogP contribution in [0.4, 0.5) is 0 Å². The molecular weight excluding hydrogens is 320 g/mol. The highest BCUT2D eigenvalue weighted by Crippen LogP contribution is 2.17. The topological polar surface area (TPSA) is 118 Å². The van der Waals surface area contributed by atoms with Crippen LogP contribution >= 0.6 is 0 Å². The maximum absolute atomic E-state index is 11.9. The Balaban J connectivity index is 1.86. The summed E-state index contributed by atoms with van der Waals surface area (Å²) in [5, 5.41) is 15.0. The minimum atomic E-state index is -0.439. The van der Waals surface area contributed by atoms with Gasteiger partial charge in [0.2, 0.25) is 0 Å². The monoisotopic (exact) mass is 342 g/mol. The molecule has 7 nitrogen and oxygen atoms in total. The number of hydrogen-bond donors (Lipinski definition) is 2. The first-order chi connectivity index (χ1) is 12.1. The molecule has 0 aliphatic heterocycles. The van der Waals surface area contributed by atoms with Crippen molar-refractivity contribution in [1.82, 2.24) is 5.32 Å². The summed E-state index contributed by atoms with van der Waals surface area (Å²) in [7, 11) is 0. The Hall–Kier alpha value is -2.88. The molecule has 3 N–H and O–H groups in total. The van der Waals surface area contributed by atoms with Gasteiger partial charge in [-0.3, -0.25) is 9.59 Å². The Morgan fingerprint density at radius 2 is 1.92 bits per heavy atom. The highest BCUT2D eigenvalue weighted by molar-refractivity contribution is 6.46. The molecule has 0 heterocycles. The highest BCUT2D eigenvalue weighted by atomic mass is 16.5. The molecule has 7 heteroatoms. The van der Waals surface area contributed by atoms with Crippen molar-refractivity contribution in [3.05, 3.63) is 29.8 Å². The smallest absolute Gasteiger partial charge is 0.258 e. The van der Waals surface area contributed by atoms with E-state index in [1.54, 1.807) is 30.3 Å². The second-order valence-corrected chi connectivity index (χ2v) is 5.95. The van der Waals surface area contributed by atoms with Crippen LogP contribution in [0.3, 0.4) is 0 Å². The lowest BCUT2D eigenvalue weighted by molar-refractivity contribution is -0.124. The van der Waals surface area contributed by atoms with Gasteiger partial charge in [-0.2, -0.15) is 10.4 Å². The van der Waals surface area contributed by atoms with Crippen LogP contribution < -0.4 is 15.9 Å². The van der Waals surface area contributed by atoms with E-state index in [0.717, 1.165) is 25.7 Å². The minimum Gasteiger partial charge on any atom is -0.484 e. The van der Waals surface area contributed by atoms with Crippen LogP contribution in [-0.4, -0.2) is 30.1 Å². The van der Waals surface area contributed by atoms with Gasteiger partial charge < -0.3 is 15.9 Å². The van der Waals surface area contributed by atoms with Crippen LogP contribution in [0.2, 0.25) is 0 Å². The fourth-order valence-corrected chi connectivity index (χ4v) is 2.84. The molecule has 1 aliphatic rings. The standard InChI is InChI=1S/C18H22N4O3/c19-11-10-16(23)18(22-20)13-6-8-15(9-7-13)25-12-17(24)21-14-4-2-1-3-5-14/h6-9,14H,1-5,10,12,20H2,(H,21,24)/b22-18+. The van der Waals surface area contributed by atoms with Crippen molar-refractivity contribution in [1.29, 1.82) is 5.26 Å². The number of benzene rings is 1. The molecule has 1 fully saturated rings. The van der Waals surface area contributed by atoms with Gasteiger partial charge in [0.05, 0.1) is 6.07 Å². The van der Waals surface area contributed by atoms with Crippen LogP contribution in [-0.2, 0) is 9.59 Å². The Morgan fingerprint density at radius 1 is 1.24 bits per heavy atom. The molecule has 1 aromatic rings. The van der Waals surface area contributed by atoms with Crippen molar-refractivity contribution in [3.8, 4) is 11.8 Å². The minimum absolute atomic E-state index is 0.0446. The van der Waals surface area contributed by atoms with Gasteiger partial charge in [-0.15, -0.1) is 0 Å². The molecule has 132 valence electrons. The average Bonchev–Trinajstić information content (AvgIpc) is 2.63. The number of amides is 1. The van der Waals surface area contributed by atoms with E-state index in [2.05, 4.69) is 10.4 Å². The van der Waals surface area contributed by atoms with E-state index in [0.29, 0.717) is 11.3 Å². The van der Waals surface area contributed by atoms with Crippen LogP contribution in [0.15, 0.2) is 29.4 Å². The molecule has 1 saturated carbocycles. The van der Waals surface area contributed by atoms with Gasteiger partial charge in [0.25, 0.3) is 5.91 Å². The number of carbonyl (C=O) groups excluding carboxylic acids is 2. The molecule has 0 bridgehead atoms. The van der Waals surface area contributed by atoms with E-state index >= 15 is 0 Å². The van der Waals surface area contributed by atoms with E-state index in [9.17, 15) is 9.59 Å². The van der Waals surface area contributed by atoms with Crippen LogP contribution in [0.25, 0.3) is 0 Å². The number of ether oxygens (including phenoxy) is 1. The van der Waals surface area contributed by atoms with Crippen molar-refractivity contribution in [2.24, 2.45) is 10.9 Å². The number of ketones is 1. The normalized spacial score (nSPS) is 15.2. The molecule has 0 atom stereocenters. The van der Waals surface area contributed by atoms with Crippen LogP contribution in [0, 0.1) is 11.3 Å². The number of rotatable bonds is 7. The summed E-state index contributed by atoms with van der Waals surface area (Å²) >= 11 is 0. The van der Waals surface area contributed by atoms with Crippen molar-refractivity contribution in [2.75, 3.05) is 6.61 Å². The maximum atomic E-state index is 11.9. The second-order valence-electron chi connectivity index (χ2n) is 5.95. The summed E-state index contributed by atoms with van der Waals surface area (Å²) in [4.78, 5) is 23.7. The summed E-state index contributed by atoms with van der Waals surface area (Å²) in [6.07, 6.45) is 5.32. The number of nitriles is 1. The SMILES string of the molecule is N#CCC(=O)/C(=N/N)c1ccc(OCC(=O)NC2CCCCC2)cc1. The first-order valence-electron chi connectivity index (χ1n) is 8.34. The summed E-state index contributed by atoms with van der Waals surface area (Å²) in [5.41, 5.74) is 0.546. The van der Waals surface area contributed by atoms with Gasteiger partial charge >= 0.3 is 0 Å². The Morgan fingerprint density at radius 3 is 2.52 bits per heavy atom. The number of hydrogen-bond acceptors (Lipinski definition) is 6. The lowest BCUT2D eigenvalue weighted by Gasteiger charge is -2.22. The molecule has 0 aromatic heterocycles. The highest BCUT2D eigenvalue weighted by Gasteiger charge is 2.16. The quantitative estimate of drug-likeness (QED) is 0.444. The third-order valence-corrected chi connectivity index (χ3v) is 4.10. The van der Waals surface area contributed by atoms with Crippen molar-refractivity contribution >= 4 is 17.4 Å². The Kier molecular flexibility index (Phi) is 6.96. The predicted molar refractivity (Wildman–Crippen MR) is 92.9 cm³/mol. The maximum Gasteiger partial charge on any atom is 0.258 e. The molecule has 0 saturated heterocycles. The molecule has 1 amide bonds. The largest absolute Gasteiger partial charge is 0.484 e. The summed E-state index contributed by atoms with van der Waals surface area (Å²) < 4.78 is 5.47. The summed E-state index contributed by atoms with van der Waals surface area (Å²) in [5.74, 6) is 5.17. The fourth-order valence-electron chi connectivity index (χ4n) is 2.84. The van der Waals surface area contributed by atoms with E-state index in [1.165, 1.54) is 6.42 Å². The molecule has 0 radical (unpaired) electrons. The zero-order valence-electron chi connectivity index (χ0n) is 14.0. The number of hydrazone groups is 1. The second kappa shape index (κ2) is 9.42. The van der Waals surface area contributed by atoms with Gasteiger partial charge in [-0.1, -0.05) is 19.3 Å². The first kappa shape index (κ1) is 18.5. The van der Waals surface area contributed by atoms with Gasteiger partial charge in [0, 0.05) is 11.6 Å². The van der Waals surface area contributed by atoms with Gasteiger partial charge in [0.15, 0.2) is 12.4 Å². The summed E-state index contributed by atoms with van der Waals surface area (Å²) in [6, 6.07) is 8.53. The van der Waals surface area contributed by atoms with Crippen LogP contribution in [0.1, 0.15) is 44.1 Å².